The first-order chi connectivity index (χ1) is 15.1. The van der Waals surface area contributed by atoms with Crippen LogP contribution in [0.25, 0.3) is 10.9 Å². The second-order valence-electron chi connectivity index (χ2n) is 8.74. The molecular formula is C24H26ClFN2O3S. The van der Waals surface area contributed by atoms with Gasteiger partial charge in [-0.2, -0.15) is 0 Å². The van der Waals surface area contributed by atoms with Crippen LogP contribution in [-0.2, 0) is 16.4 Å². The van der Waals surface area contributed by atoms with Crippen molar-refractivity contribution < 1.29 is 12.8 Å². The Hall–Kier alpha value is -2.38. The number of hydrogen-bond donors (Lipinski definition) is 0. The molecule has 0 spiro atoms. The quantitative estimate of drug-likeness (QED) is 0.523. The maximum absolute atomic E-state index is 15.2. The van der Waals surface area contributed by atoms with Crippen molar-refractivity contribution in [1.82, 2.24) is 4.57 Å². The highest BCUT2D eigenvalue weighted by atomic mass is 35.5. The first-order valence-electron chi connectivity index (χ1n) is 10.7. The molecule has 0 radical (unpaired) electrons. The van der Waals surface area contributed by atoms with Gasteiger partial charge in [-0.1, -0.05) is 31.5 Å². The monoisotopic (exact) mass is 476 g/mol. The van der Waals surface area contributed by atoms with Gasteiger partial charge in [-0.3, -0.25) is 4.79 Å². The Labute approximate surface area is 192 Å². The van der Waals surface area contributed by atoms with Crippen molar-refractivity contribution in [3.05, 3.63) is 63.7 Å². The van der Waals surface area contributed by atoms with E-state index in [2.05, 4.69) is 13.8 Å². The van der Waals surface area contributed by atoms with Crippen LogP contribution in [0.5, 0.6) is 0 Å². The molecular weight excluding hydrogens is 451 g/mol. The Morgan fingerprint density at radius 2 is 1.81 bits per heavy atom. The number of fused-ring (bicyclic) bond motifs is 1. The number of nitrogens with zero attached hydrogens (tertiary/aromatic N) is 2. The smallest absolute Gasteiger partial charge is 0.211 e. The highest BCUT2D eigenvalue weighted by Gasteiger charge is 2.27. The number of rotatable bonds is 4. The summed E-state index contributed by atoms with van der Waals surface area (Å²) in [7, 11) is -4.12. The summed E-state index contributed by atoms with van der Waals surface area (Å²) in [5.41, 5.74) is 0.253. The van der Waals surface area contributed by atoms with Crippen molar-refractivity contribution in [2.24, 2.45) is 11.8 Å². The molecule has 1 saturated heterocycles. The maximum Gasteiger partial charge on any atom is 0.211 e. The van der Waals surface area contributed by atoms with Crippen molar-refractivity contribution in [3.8, 4) is 0 Å². The third-order valence-corrected chi connectivity index (χ3v) is 8.04. The van der Waals surface area contributed by atoms with E-state index in [1.54, 1.807) is 16.7 Å². The summed E-state index contributed by atoms with van der Waals surface area (Å²) < 4.78 is 43.3. The summed E-state index contributed by atoms with van der Waals surface area (Å²) in [6.07, 6.45) is 2.44. The fourth-order valence-electron chi connectivity index (χ4n) is 4.69. The SMILES string of the molecule is CCn1cc(S(=O)(=O)c2cccc(Cl)c2)c(=O)c2cc(F)c(N3C[C@H](C)C[C@H](C)C3)cc21. The largest absolute Gasteiger partial charge is 0.369 e. The molecule has 4 rings (SSSR count). The zero-order valence-electron chi connectivity index (χ0n) is 18.3. The average molecular weight is 477 g/mol. The number of sulfone groups is 1. The summed E-state index contributed by atoms with van der Waals surface area (Å²) in [5.74, 6) is 0.357. The minimum Gasteiger partial charge on any atom is -0.369 e. The fourth-order valence-corrected chi connectivity index (χ4v) is 6.36. The predicted octanol–water partition coefficient (Wildman–Crippen LogP) is 5.13. The third-order valence-electron chi connectivity index (χ3n) is 6.06. The Morgan fingerprint density at radius 1 is 1.12 bits per heavy atom. The van der Waals surface area contributed by atoms with Crippen LogP contribution in [0.4, 0.5) is 10.1 Å². The molecule has 3 aromatic rings. The van der Waals surface area contributed by atoms with Crippen LogP contribution in [0.2, 0.25) is 5.02 Å². The minimum atomic E-state index is -4.12. The zero-order valence-corrected chi connectivity index (χ0v) is 19.9. The van der Waals surface area contributed by atoms with Crippen LogP contribution in [-0.4, -0.2) is 26.1 Å². The number of aromatic nitrogens is 1. The van der Waals surface area contributed by atoms with Gasteiger partial charge in [0.25, 0.3) is 0 Å². The van der Waals surface area contributed by atoms with E-state index in [4.69, 9.17) is 11.6 Å². The minimum absolute atomic E-state index is 0.0503. The Balaban J connectivity index is 1.91. The lowest BCUT2D eigenvalue weighted by molar-refractivity contribution is 0.354. The molecule has 2 aromatic carbocycles. The highest BCUT2D eigenvalue weighted by molar-refractivity contribution is 7.91. The van der Waals surface area contributed by atoms with E-state index in [-0.39, 0.29) is 20.2 Å². The van der Waals surface area contributed by atoms with Gasteiger partial charge in [0.15, 0.2) is 0 Å². The Morgan fingerprint density at radius 3 is 2.44 bits per heavy atom. The number of aryl methyl sites for hydroxylation is 1. The van der Waals surface area contributed by atoms with Gasteiger partial charge in [0.2, 0.25) is 15.3 Å². The lowest BCUT2D eigenvalue weighted by Gasteiger charge is -2.37. The molecule has 0 bridgehead atoms. The molecule has 1 aromatic heterocycles. The molecule has 5 nitrogen and oxygen atoms in total. The van der Waals surface area contributed by atoms with Gasteiger partial charge in [-0.15, -0.1) is 0 Å². The molecule has 2 heterocycles. The number of anilines is 1. The molecule has 0 N–H and O–H groups in total. The van der Waals surface area contributed by atoms with Crippen molar-refractivity contribution in [1.29, 1.82) is 0 Å². The van der Waals surface area contributed by atoms with Gasteiger partial charge >= 0.3 is 0 Å². The van der Waals surface area contributed by atoms with Crippen molar-refractivity contribution in [3.63, 3.8) is 0 Å². The number of halogens is 2. The summed E-state index contributed by atoms with van der Waals surface area (Å²) in [5, 5.41) is 0.303. The third kappa shape index (κ3) is 4.04. The normalized spacial score (nSPS) is 19.5. The van der Waals surface area contributed by atoms with Gasteiger partial charge in [0.1, 0.15) is 10.7 Å². The molecule has 1 fully saturated rings. The second-order valence-corrected chi connectivity index (χ2v) is 11.1. The molecule has 1 aliphatic rings. The Bertz CT molecular complexity index is 1340. The molecule has 0 unspecified atom stereocenters. The lowest BCUT2D eigenvalue weighted by Crippen LogP contribution is -2.39. The fraction of sp³-hybridized carbons (Fsp3) is 0.375. The topological polar surface area (TPSA) is 59.4 Å². The van der Waals surface area contributed by atoms with E-state index < -0.39 is 21.1 Å². The van der Waals surface area contributed by atoms with Crippen LogP contribution >= 0.6 is 11.6 Å². The highest BCUT2D eigenvalue weighted by Crippen LogP contribution is 2.31. The van der Waals surface area contributed by atoms with Crippen LogP contribution in [0, 0.1) is 17.7 Å². The van der Waals surface area contributed by atoms with E-state index in [1.165, 1.54) is 30.5 Å². The van der Waals surface area contributed by atoms with Crippen LogP contribution < -0.4 is 10.3 Å². The van der Waals surface area contributed by atoms with Gasteiger partial charge in [-0.25, -0.2) is 12.8 Å². The molecule has 32 heavy (non-hydrogen) atoms. The first-order valence-corrected chi connectivity index (χ1v) is 12.6. The van der Waals surface area contributed by atoms with E-state index in [0.717, 1.165) is 19.5 Å². The number of benzene rings is 2. The summed E-state index contributed by atoms with van der Waals surface area (Å²) in [4.78, 5) is 14.8. The number of piperidine rings is 1. The molecule has 0 saturated carbocycles. The van der Waals surface area contributed by atoms with Gasteiger partial charge < -0.3 is 9.47 Å². The van der Waals surface area contributed by atoms with E-state index >= 15 is 4.39 Å². The number of hydrogen-bond acceptors (Lipinski definition) is 4. The zero-order chi connectivity index (χ0) is 23.2. The van der Waals surface area contributed by atoms with Crippen LogP contribution in [0.1, 0.15) is 27.2 Å². The standard InChI is InChI=1S/C24H26ClFN2O3S/c1-4-27-14-23(32(30,31)18-7-5-6-17(25)9-18)24(29)19-10-20(26)22(11-21(19)27)28-12-15(2)8-16(3)13-28/h5-7,9-11,14-16H,4,8,12-13H2,1-3H3/t15-,16+. The molecule has 2 atom stereocenters. The van der Waals surface area contributed by atoms with Gasteiger partial charge in [0.05, 0.1) is 21.5 Å². The molecule has 1 aliphatic heterocycles. The van der Waals surface area contributed by atoms with Crippen molar-refractivity contribution >= 4 is 38.0 Å². The van der Waals surface area contributed by atoms with E-state index in [1.807, 2.05) is 11.8 Å². The van der Waals surface area contributed by atoms with Gasteiger partial charge in [0, 0.05) is 30.9 Å². The number of pyridine rings is 1. The van der Waals surface area contributed by atoms with Crippen LogP contribution in [0.15, 0.2) is 57.2 Å². The molecule has 170 valence electrons. The van der Waals surface area contributed by atoms with E-state index in [0.29, 0.717) is 29.6 Å². The van der Waals surface area contributed by atoms with Gasteiger partial charge in [-0.05, 0) is 55.5 Å². The second kappa shape index (κ2) is 8.52. The van der Waals surface area contributed by atoms with E-state index in [9.17, 15) is 13.2 Å². The van der Waals surface area contributed by atoms with Crippen molar-refractivity contribution in [2.75, 3.05) is 18.0 Å². The Kier molecular flexibility index (Phi) is 6.07. The summed E-state index contributed by atoms with van der Waals surface area (Å²) in [6, 6.07) is 8.63. The molecule has 8 heteroatoms. The van der Waals surface area contributed by atoms with Crippen LogP contribution in [0.3, 0.4) is 0 Å². The summed E-state index contributed by atoms with van der Waals surface area (Å²) in [6.45, 7) is 8.06. The first kappa shape index (κ1) is 22.8. The predicted molar refractivity (Wildman–Crippen MR) is 126 cm³/mol. The average Bonchev–Trinajstić information content (AvgIpc) is 2.73. The molecule has 0 aliphatic carbocycles. The van der Waals surface area contributed by atoms with Crippen molar-refractivity contribution in [2.45, 2.75) is 43.5 Å². The lowest BCUT2D eigenvalue weighted by atomic mass is 9.91. The summed E-state index contributed by atoms with van der Waals surface area (Å²) >= 11 is 5.96. The molecule has 0 amide bonds. The maximum atomic E-state index is 15.2.